The molecule has 0 saturated carbocycles. The van der Waals surface area contributed by atoms with Crippen LogP contribution in [0.5, 0.6) is 0 Å². The lowest BCUT2D eigenvalue weighted by Crippen LogP contribution is -2.18. The largest absolute Gasteiger partial charge is 0.373 e. The summed E-state index contributed by atoms with van der Waals surface area (Å²) in [4.78, 5) is 0. The first-order chi connectivity index (χ1) is 7.24. The molecule has 2 nitrogen and oxygen atoms in total. The van der Waals surface area contributed by atoms with Gasteiger partial charge < -0.3 is 10.5 Å². The van der Waals surface area contributed by atoms with Crippen molar-refractivity contribution in [1.29, 1.82) is 0 Å². The van der Waals surface area contributed by atoms with Crippen molar-refractivity contribution < 1.29 is 4.74 Å². The van der Waals surface area contributed by atoms with Crippen molar-refractivity contribution in [2.45, 2.75) is 26.4 Å². The fourth-order valence-corrected chi connectivity index (χ4v) is 2.30. The summed E-state index contributed by atoms with van der Waals surface area (Å²) < 4.78 is 5.80. The summed E-state index contributed by atoms with van der Waals surface area (Å²) in [5.41, 5.74) is 9.77. The summed E-state index contributed by atoms with van der Waals surface area (Å²) in [7, 11) is 0. The van der Waals surface area contributed by atoms with Crippen molar-refractivity contribution in [3.8, 4) is 0 Å². The summed E-state index contributed by atoms with van der Waals surface area (Å²) >= 11 is 0. The van der Waals surface area contributed by atoms with Crippen LogP contribution in [-0.4, -0.2) is 13.2 Å². The lowest BCUT2D eigenvalue weighted by molar-refractivity contribution is 0.0919. The quantitative estimate of drug-likeness (QED) is 0.804. The van der Waals surface area contributed by atoms with Gasteiger partial charge in [-0.15, -0.1) is 0 Å². The molecule has 1 aromatic carbocycles. The zero-order valence-electron chi connectivity index (χ0n) is 9.49. The van der Waals surface area contributed by atoms with Crippen molar-refractivity contribution in [1.82, 2.24) is 0 Å². The summed E-state index contributed by atoms with van der Waals surface area (Å²) in [5, 5.41) is 0. The van der Waals surface area contributed by atoms with E-state index in [9.17, 15) is 0 Å². The Bertz CT molecular complexity index is 348. The number of hydrogen-bond donors (Lipinski definition) is 1. The third kappa shape index (κ3) is 1.92. The van der Waals surface area contributed by atoms with Crippen LogP contribution in [0.3, 0.4) is 0 Å². The normalized spacial score (nSPS) is 25.8. The van der Waals surface area contributed by atoms with Gasteiger partial charge in [0.05, 0.1) is 6.10 Å². The Hall–Kier alpha value is -0.860. The second-order valence-electron chi connectivity index (χ2n) is 4.36. The third-order valence-electron chi connectivity index (χ3n) is 3.47. The summed E-state index contributed by atoms with van der Waals surface area (Å²) in [6.07, 6.45) is 1.31. The standard InChI is InChI=1S/C13H19NO/c1-9-4-3-5-12(10(9)2)13-11(8-14)6-7-15-13/h3-5,11,13H,6-8,14H2,1-2H3. The van der Waals surface area contributed by atoms with Gasteiger partial charge in [-0.2, -0.15) is 0 Å². The highest BCUT2D eigenvalue weighted by molar-refractivity contribution is 5.35. The smallest absolute Gasteiger partial charge is 0.0868 e. The molecule has 0 bridgehead atoms. The number of ether oxygens (including phenoxy) is 1. The zero-order chi connectivity index (χ0) is 10.8. The average molecular weight is 205 g/mol. The highest BCUT2D eigenvalue weighted by Gasteiger charge is 2.29. The molecule has 0 aromatic heterocycles. The van der Waals surface area contributed by atoms with E-state index in [0.717, 1.165) is 19.6 Å². The fourth-order valence-electron chi connectivity index (χ4n) is 2.30. The maximum atomic E-state index is 5.80. The van der Waals surface area contributed by atoms with Crippen molar-refractivity contribution in [3.05, 3.63) is 34.9 Å². The Kier molecular flexibility index (Phi) is 3.08. The first-order valence-corrected chi connectivity index (χ1v) is 5.62. The topological polar surface area (TPSA) is 35.2 Å². The zero-order valence-corrected chi connectivity index (χ0v) is 9.49. The molecule has 1 aliphatic rings. The number of benzene rings is 1. The van der Waals surface area contributed by atoms with Crippen molar-refractivity contribution in [3.63, 3.8) is 0 Å². The molecule has 82 valence electrons. The van der Waals surface area contributed by atoms with Gasteiger partial charge in [0.15, 0.2) is 0 Å². The van der Waals surface area contributed by atoms with Crippen LogP contribution >= 0.6 is 0 Å². The Balaban J connectivity index is 2.32. The summed E-state index contributed by atoms with van der Waals surface area (Å²) in [6, 6.07) is 6.42. The van der Waals surface area contributed by atoms with E-state index in [4.69, 9.17) is 10.5 Å². The highest BCUT2D eigenvalue weighted by atomic mass is 16.5. The predicted octanol–water partition coefficient (Wildman–Crippen LogP) is 2.34. The molecule has 2 atom stereocenters. The van der Waals surface area contributed by atoms with Crippen LogP contribution in [0.2, 0.25) is 0 Å². The Morgan fingerprint density at radius 1 is 1.40 bits per heavy atom. The van der Waals surface area contributed by atoms with Gasteiger partial charge >= 0.3 is 0 Å². The molecule has 1 aliphatic heterocycles. The number of rotatable bonds is 2. The summed E-state index contributed by atoms with van der Waals surface area (Å²) in [6.45, 7) is 5.88. The number of nitrogens with two attached hydrogens (primary N) is 1. The first kappa shape index (κ1) is 10.7. The average Bonchev–Trinajstić information content (AvgIpc) is 2.70. The minimum absolute atomic E-state index is 0.217. The molecule has 15 heavy (non-hydrogen) atoms. The third-order valence-corrected chi connectivity index (χ3v) is 3.47. The fraction of sp³-hybridized carbons (Fsp3) is 0.538. The SMILES string of the molecule is Cc1cccc(C2OCCC2CN)c1C. The van der Waals surface area contributed by atoms with E-state index in [0.29, 0.717) is 5.92 Å². The molecule has 2 rings (SSSR count). The molecule has 2 heteroatoms. The van der Waals surface area contributed by atoms with Crippen LogP contribution in [0.25, 0.3) is 0 Å². The predicted molar refractivity (Wildman–Crippen MR) is 61.8 cm³/mol. The molecule has 1 saturated heterocycles. The second kappa shape index (κ2) is 4.33. The van der Waals surface area contributed by atoms with E-state index >= 15 is 0 Å². The van der Waals surface area contributed by atoms with Gasteiger partial charge in [-0.25, -0.2) is 0 Å². The Morgan fingerprint density at radius 2 is 2.20 bits per heavy atom. The lowest BCUT2D eigenvalue weighted by Gasteiger charge is -2.20. The van der Waals surface area contributed by atoms with Crippen molar-refractivity contribution >= 4 is 0 Å². The molecule has 2 unspecified atom stereocenters. The van der Waals surface area contributed by atoms with Gasteiger partial charge in [0.25, 0.3) is 0 Å². The van der Waals surface area contributed by atoms with Gasteiger partial charge in [-0.05, 0) is 43.5 Å². The summed E-state index contributed by atoms with van der Waals surface area (Å²) in [5.74, 6) is 0.491. The molecule has 0 aliphatic carbocycles. The minimum atomic E-state index is 0.217. The van der Waals surface area contributed by atoms with Crippen molar-refractivity contribution in [2.24, 2.45) is 11.7 Å². The van der Waals surface area contributed by atoms with Gasteiger partial charge in [0.2, 0.25) is 0 Å². The van der Waals surface area contributed by atoms with Crippen LogP contribution in [0.4, 0.5) is 0 Å². The molecule has 1 aromatic rings. The van der Waals surface area contributed by atoms with Gasteiger partial charge in [-0.3, -0.25) is 0 Å². The maximum Gasteiger partial charge on any atom is 0.0868 e. The Labute approximate surface area is 91.4 Å². The first-order valence-electron chi connectivity index (χ1n) is 5.62. The minimum Gasteiger partial charge on any atom is -0.373 e. The van der Waals surface area contributed by atoms with Crippen LogP contribution in [0.1, 0.15) is 29.2 Å². The molecule has 0 amide bonds. The lowest BCUT2D eigenvalue weighted by atomic mass is 9.91. The number of aryl methyl sites for hydroxylation is 1. The molecular weight excluding hydrogens is 186 g/mol. The van der Waals surface area contributed by atoms with E-state index in [1.54, 1.807) is 0 Å². The van der Waals surface area contributed by atoms with E-state index < -0.39 is 0 Å². The monoisotopic (exact) mass is 205 g/mol. The number of hydrogen-bond acceptors (Lipinski definition) is 2. The molecular formula is C13H19NO. The van der Waals surface area contributed by atoms with Crippen molar-refractivity contribution in [2.75, 3.05) is 13.2 Å². The van der Waals surface area contributed by atoms with Crippen LogP contribution in [0, 0.1) is 19.8 Å². The Morgan fingerprint density at radius 3 is 2.93 bits per heavy atom. The highest BCUT2D eigenvalue weighted by Crippen LogP contribution is 2.35. The van der Waals surface area contributed by atoms with E-state index in [1.165, 1.54) is 16.7 Å². The van der Waals surface area contributed by atoms with Crippen LogP contribution < -0.4 is 5.73 Å². The van der Waals surface area contributed by atoms with Crippen LogP contribution in [-0.2, 0) is 4.74 Å². The van der Waals surface area contributed by atoms with Crippen LogP contribution in [0.15, 0.2) is 18.2 Å². The molecule has 1 heterocycles. The van der Waals surface area contributed by atoms with Gasteiger partial charge in [-0.1, -0.05) is 18.2 Å². The van der Waals surface area contributed by atoms with E-state index in [2.05, 4.69) is 32.0 Å². The molecule has 0 spiro atoms. The molecule has 0 radical (unpaired) electrons. The second-order valence-corrected chi connectivity index (χ2v) is 4.36. The molecule has 2 N–H and O–H groups in total. The van der Waals surface area contributed by atoms with Gasteiger partial charge in [0, 0.05) is 12.5 Å². The van der Waals surface area contributed by atoms with E-state index in [1.807, 2.05) is 0 Å². The molecule has 1 fully saturated rings. The van der Waals surface area contributed by atoms with E-state index in [-0.39, 0.29) is 6.10 Å². The maximum absolute atomic E-state index is 5.80. The van der Waals surface area contributed by atoms with Gasteiger partial charge in [0.1, 0.15) is 0 Å².